The Hall–Kier alpha value is -1.75. The largest absolute Gasteiger partial charge is 0.372 e. The lowest BCUT2D eigenvalue weighted by Crippen LogP contribution is -2.53. The summed E-state index contributed by atoms with van der Waals surface area (Å²) in [5, 5.41) is 13.2. The number of nitrogens with one attached hydrogen (secondary N) is 1. The molecular formula is C17H21ClFN3O5S. The van der Waals surface area contributed by atoms with Crippen molar-refractivity contribution in [3.05, 3.63) is 34.6 Å². The molecule has 2 amide bonds. The monoisotopic (exact) mass is 433 g/mol. The molecule has 2 heterocycles. The number of benzene rings is 1. The molecule has 0 radical (unpaired) electrons. The standard InChI is InChI=1S/C17H21ClFN3O5S/c1-28(26,27)21-4-2-14(10-21)22-5-3-17(25,16(22)24)15(23)20-9-11-6-12(18)8-13(19)7-11/h6-8,14,25H,2-5,9-10H2,1H3,(H,20,23)/t14-,17+/m1/s1. The average molecular weight is 434 g/mol. The number of nitrogens with zero attached hydrogens (tertiary/aromatic N) is 2. The Balaban J connectivity index is 1.64. The quantitative estimate of drug-likeness (QED) is 0.640. The van der Waals surface area contributed by atoms with Crippen LogP contribution in [0.4, 0.5) is 4.39 Å². The molecule has 28 heavy (non-hydrogen) atoms. The molecule has 2 aliphatic rings. The van der Waals surface area contributed by atoms with E-state index in [9.17, 15) is 27.5 Å². The Bertz CT molecular complexity index is 892. The van der Waals surface area contributed by atoms with Gasteiger partial charge in [-0.15, -0.1) is 0 Å². The van der Waals surface area contributed by atoms with Crippen molar-refractivity contribution >= 4 is 33.4 Å². The smallest absolute Gasteiger partial charge is 0.264 e. The summed E-state index contributed by atoms with van der Waals surface area (Å²) in [6.07, 6.45) is 1.44. The number of carbonyl (C=O) groups is 2. The van der Waals surface area contributed by atoms with E-state index in [2.05, 4.69) is 5.32 Å². The second-order valence-electron chi connectivity index (χ2n) is 7.13. The Morgan fingerprint density at radius 1 is 1.39 bits per heavy atom. The first kappa shape index (κ1) is 21.0. The molecule has 0 aromatic heterocycles. The van der Waals surface area contributed by atoms with Crippen LogP contribution in [0.2, 0.25) is 5.02 Å². The maximum Gasteiger partial charge on any atom is 0.264 e. The summed E-state index contributed by atoms with van der Waals surface area (Å²) in [5.74, 6) is -2.18. The van der Waals surface area contributed by atoms with Crippen LogP contribution in [0.15, 0.2) is 18.2 Å². The van der Waals surface area contributed by atoms with E-state index in [0.29, 0.717) is 12.0 Å². The van der Waals surface area contributed by atoms with E-state index in [4.69, 9.17) is 11.6 Å². The van der Waals surface area contributed by atoms with Crippen LogP contribution in [0.5, 0.6) is 0 Å². The third-order valence-electron chi connectivity index (χ3n) is 5.12. The van der Waals surface area contributed by atoms with Crippen LogP contribution in [0, 0.1) is 5.82 Å². The third kappa shape index (κ3) is 4.14. The van der Waals surface area contributed by atoms with Crippen LogP contribution < -0.4 is 5.32 Å². The SMILES string of the molecule is CS(=O)(=O)N1CC[C@@H](N2CC[C@](O)(C(=O)NCc3cc(F)cc(Cl)c3)C2=O)C1. The van der Waals surface area contributed by atoms with E-state index in [1.54, 1.807) is 0 Å². The molecule has 0 saturated carbocycles. The summed E-state index contributed by atoms with van der Waals surface area (Å²) >= 11 is 5.77. The number of hydrogen-bond donors (Lipinski definition) is 2. The number of aliphatic hydroxyl groups is 1. The summed E-state index contributed by atoms with van der Waals surface area (Å²) in [6, 6.07) is 3.40. The predicted molar refractivity (Wildman–Crippen MR) is 99.4 cm³/mol. The molecule has 0 bridgehead atoms. The number of carbonyl (C=O) groups excluding carboxylic acids is 2. The summed E-state index contributed by atoms with van der Waals surface area (Å²) in [7, 11) is -3.36. The highest BCUT2D eigenvalue weighted by molar-refractivity contribution is 7.88. The van der Waals surface area contributed by atoms with Crippen LogP contribution in [-0.2, 0) is 26.2 Å². The van der Waals surface area contributed by atoms with E-state index in [-0.39, 0.29) is 43.7 Å². The van der Waals surface area contributed by atoms with Gasteiger partial charge in [0, 0.05) is 43.7 Å². The molecule has 2 N–H and O–H groups in total. The molecule has 0 spiro atoms. The molecule has 2 fully saturated rings. The lowest BCUT2D eigenvalue weighted by Gasteiger charge is -2.26. The van der Waals surface area contributed by atoms with Gasteiger partial charge in [0.2, 0.25) is 15.6 Å². The molecule has 11 heteroatoms. The lowest BCUT2D eigenvalue weighted by atomic mass is 10.0. The van der Waals surface area contributed by atoms with Crippen molar-refractivity contribution in [1.29, 1.82) is 0 Å². The predicted octanol–water partition coefficient (Wildman–Crippen LogP) is 0.0926. The first-order valence-corrected chi connectivity index (χ1v) is 10.9. The van der Waals surface area contributed by atoms with E-state index >= 15 is 0 Å². The van der Waals surface area contributed by atoms with Crippen molar-refractivity contribution in [3.63, 3.8) is 0 Å². The van der Waals surface area contributed by atoms with Crippen molar-refractivity contribution in [2.45, 2.75) is 31.0 Å². The number of halogens is 2. The second kappa shape index (κ2) is 7.58. The van der Waals surface area contributed by atoms with Crippen molar-refractivity contribution in [2.24, 2.45) is 0 Å². The summed E-state index contributed by atoms with van der Waals surface area (Å²) < 4.78 is 38.0. The molecule has 154 valence electrons. The normalized spacial score (nSPS) is 26.1. The molecule has 3 rings (SSSR count). The van der Waals surface area contributed by atoms with Crippen LogP contribution in [0.3, 0.4) is 0 Å². The maximum absolute atomic E-state index is 13.4. The average Bonchev–Trinajstić information content (AvgIpc) is 3.18. The van der Waals surface area contributed by atoms with Gasteiger partial charge in [-0.1, -0.05) is 11.6 Å². The van der Waals surface area contributed by atoms with E-state index in [1.165, 1.54) is 21.3 Å². The molecule has 1 aromatic rings. The van der Waals surface area contributed by atoms with Gasteiger partial charge in [-0.2, -0.15) is 0 Å². The third-order valence-corrected chi connectivity index (χ3v) is 6.60. The van der Waals surface area contributed by atoms with Gasteiger partial charge in [-0.05, 0) is 30.2 Å². The number of amides is 2. The van der Waals surface area contributed by atoms with Crippen molar-refractivity contribution in [1.82, 2.24) is 14.5 Å². The highest BCUT2D eigenvalue weighted by atomic mass is 35.5. The van der Waals surface area contributed by atoms with E-state index in [0.717, 1.165) is 12.3 Å². The van der Waals surface area contributed by atoms with Gasteiger partial charge < -0.3 is 15.3 Å². The topological polar surface area (TPSA) is 107 Å². The van der Waals surface area contributed by atoms with Gasteiger partial charge in [-0.3, -0.25) is 9.59 Å². The zero-order chi connectivity index (χ0) is 20.7. The fourth-order valence-corrected chi connectivity index (χ4v) is 4.72. The summed E-state index contributed by atoms with van der Waals surface area (Å²) in [4.78, 5) is 26.5. The zero-order valence-corrected chi connectivity index (χ0v) is 16.8. The Morgan fingerprint density at radius 3 is 2.71 bits per heavy atom. The molecule has 0 aliphatic carbocycles. The van der Waals surface area contributed by atoms with E-state index < -0.39 is 33.3 Å². The van der Waals surface area contributed by atoms with Gasteiger partial charge in [-0.25, -0.2) is 17.1 Å². The Kier molecular flexibility index (Phi) is 5.68. The fourth-order valence-electron chi connectivity index (χ4n) is 3.60. The highest BCUT2D eigenvalue weighted by Crippen LogP contribution is 2.29. The van der Waals surface area contributed by atoms with Crippen LogP contribution in [0.25, 0.3) is 0 Å². The first-order chi connectivity index (χ1) is 13.0. The number of sulfonamides is 1. The lowest BCUT2D eigenvalue weighted by molar-refractivity contribution is -0.155. The number of likely N-dealkylation sites (tertiary alicyclic amines) is 1. The molecule has 0 unspecified atom stereocenters. The van der Waals surface area contributed by atoms with Crippen LogP contribution >= 0.6 is 11.6 Å². The fraction of sp³-hybridized carbons (Fsp3) is 0.529. The molecule has 2 atom stereocenters. The molecule has 1 aromatic carbocycles. The Labute approximate surface area is 167 Å². The first-order valence-electron chi connectivity index (χ1n) is 8.72. The van der Waals surface area contributed by atoms with Gasteiger partial charge in [0.1, 0.15) is 5.82 Å². The van der Waals surface area contributed by atoms with E-state index in [1.807, 2.05) is 0 Å². The molecular weight excluding hydrogens is 413 g/mol. The van der Waals surface area contributed by atoms with Gasteiger partial charge in [0.05, 0.1) is 6.26 Å². The van der Waals surface area contributed by atoms with Crippen LogP contribution in [-0.4, -0.2) is 72.1 Å². The molecule has 2 saturated heterocycles. The second-order valence-corrected chi connectivity index (χ2v) is 9.55. The van der Waals surface area contributed by atoms with Crippen molar-refractivity contribution < 1.29 is 27.5 Å². The number of rotatable bonds is 5. The summed E-state index contributed by atoms with van der Waals surface area (Å²) in [5.41, 5.74) is -1.83. The number of hydrogen-bond acceptors (Lipinski definition) is 5. The Morgan fingerprint density at radius 2 is 2.11 bits per heavy atom. The molecule has 2 aliphatic heterocycles. The minimum atomic E-state index is -3.36. The minimum absolute atomic E-state index is 0.100. The maximum atomic E-state index is 13.4. The molecule has 8 nitrogen and oxygen atoms in total. The summed E-state index contributed by atoms with van der Waals surface area (Å²) in [6.45, 7) is 0.482. The van der Waals surface area contributed by atoms with Crippen molar-refractivity contribution in [2.75, 3.05) is 25.9 Å². The van der Waals surface area contributed by atoms with Gasteiger partial charge in [0.15, 0.2) is 0 Å². The highest BCUT2D eigenvalue weighted by Gasteiger charge is 2.53. The van der Waals surface area contributed by atoms with Crippen molar-refractivity contribution in [3.8, 4) is 0 Å². The zero-order valence-electron chi connectivity index (χ0n) is 15.2. The van der Waals surface area contributed by atoms with Gasteiger partial charge >= 0.3 is 0 Å². The van der Waals surface area contributed by atoms with Crippen LogP contribution in [0.1, 0.15) is 18.4 Å². The minimum Gasteiger partial charge on any atom is -0.372 e. The van der Waals surface area contributed by atoms with Gasteiger partial charge in [0.25, 0.3) is 11.8 Å².